The van der Waals surface area contributed by atoms with Crippen molar-refractivity contribution in [3.8, 4) is 11.1 Å². The predicted molar refractivity (Wildman–Crippen MR) is 128 cm³/mol. The smallest absolute Gasteiger partial charge is 0.274 e. The maximum Gasteiger partial charge on any atom is 0.274 e. The van der Waals surface area contributed by atoms with Crippen molar-refractivity contribution in [2.75, 3.05) is 24.7 Å². The molecule has 174 valence electrons. The first kappa shape index (κ1) is 21.0. The monoisotopic (exact) mass is 457 g/mol. The van der Waals surface area contributed by atoms with E-state index in [-0.39, 0.29) is 5.56 Å². The molecule has 2 aliphatic heterocycles. The second-order valence-electron chi connectivity index (χ2n) is 9.15. The van der Waals surface area contributed by atoms with Crippen LogP contribution in [0.3, 0.4) is 0 Å². The Hall–Kier alpha value is -3.59. The standard InChI is InChI=1S/C25H27N7O2/c1-16-17(2)25(29-32-23(33)3-7-26-24(16)32)30-8-4-22-19(14-30)11-18(12-27-22)20-13-28-31(15-20)21-5-9-34-10-6-21/h3,7,11-13,15,21H,4-6,8-10,14H2,1-2H3. The quantitative estimate of drug-likeness (QED) is 0.467. The van der Waals surface area contributed by atoms with Gasteiger partial charge >= 0.3 is 0 Å². The van der Waals surface area contributed by atoms with Crippen molar-refractivity contribution < 1.29 is 4.74 Å². The van der Waals surface area contributed by atoms with Crippen molar-refractivity contribution >= 4 is 11.5 Å². The lowest BCUT2D eigenvalue weighted by Gasteiger charge is -2.31. The molecule has 34 heavy (non-hydrogen) atoms. The van der Waals surface area contributed by atoms with Gasteiger partial charge in [-0.3, -0.25) is 14.5 Å². The fourth-order valence-electron chi connectivity index (χ4n) is 4.96. The number of anilines is 1. The number of fused-ring (bicyclic) bond motifs is 2. The minimum absolute atomic E-state index is 0.169. The van der Waals surface area contributed by atoms with Crippen LogP contribution in [-0.4, -0.2) is 49.1 Å². The highest BCUT2D eigenvalue weighted by Gasteiger charge is 2.23. The summed E-state index contributed by atoms with van der Waals surface area (Å²) in [7, 11) is 0. The molecule has 0 atom stereocenters. The summed E-state index contributed by atoms with van der Waals surface area (Å²) in [6, 6.07) is 4.06. The molecule has 0 radical (unpaired) electrons. The maximum atomic E-state index is 12.4. The molecular weight excluding hydrogens is 430 g/mol. The molecule has 0 saturated carbocycles. The molecule has 2 aliphatic rings. The minimum Gasteiger partial charge on any atom is -0.381 e. The molecule has 0 aromatic carbocycles. The molecule has 0 amide bonds. The van der Waals surface area contributed by atoms with Crippen LogP contribution in [0.4, 0.5) is 5.82 Å². The molecule has 4 aromatic rings. The molecule has 9 nitrogen and oxygen atoms in total. The van der Waals surface area contributed by atoms with Crippen molar-refractivity contribution in [2.24, 2.45) is 0 Å². The van der Waals surface area contributed by atoms with Crippen molar-refractivity contribution in [3.63, 3.8) is 0 Å². The summed E-state index contributed by atoms with van der Waals surface area (Å²) in [5.41, 5.74) is 6.90. The zero-order valence-corrected chi connectivity index (χ0v) is 19.4. The van der Waals surface area contributed by atoms with E-state index in [0.717, 1.165) is 72.8 Å². The molecule has 6 rings (SSSR count). The number of nitrogens with zero attached hydrogens (tertiary/aromatic N) is 7. The third-order valence-corrected chi connectivity index (χ3v) is 7.09. The van der Waals surface area contributed by atoms with Crippen LogP contribution in [0.25, 0.3) is 16.8 Å². The van der Waals surface area contributed by atoms with E-state index >= 15 is 0 Å². The summed E-state index contributed by atoms with van der Waals surface area (Å²) in [6.45, 7) is 7.12. The van der Waals surface area contributed by atoms with Gasteiger partial charge in [0.25, 0.3) is 5.56 Å². The van der Waals surface area contributed by atoms with Gasteiger partial charge in [-0.2, -0.15) is 9.61 Å². The molecule has 4 aromatic heterocycles. The third kappa shape index (κ3) is 3.56. The van der Waals surface area contributed by atoms with E-state index in [1.807, 2.05) is 26.2 Å². The van der Waals surface area contributed by atoms with Gasteiger partial charge in [0.1, 0.15) is 0 Å². The highest BCUT2D eigenvalue weighted by molar-refractivity contribution is 5.63. The van der Waals surface area contributed by atoms with Gasteiger partial charge in [0, 0.05) is 85.3 Å². The zero-order valence-electron chi connectivity index (χ0n) is 19.4. The molecule has 0 spiro atoms. The normalized spacial score (nSPS) is 16.7. The number of aryl methyl sites for hydroxylation is 1. The van der Waals surface area contributed by atoms with E-state index in [2.05, 4.69) is 31.9 Å². The van der Waals surface area contributed by atoms with Gasteiger partial charge in [0.05, 0.1) is 12.2 Å². The first-order valence-electron chi connectivity index (χ1n) is 11.8. The van der Waals surface area contributed by atoms with Gasteiger partial charge < -0.3 is 9.64 Å². The number of pyridine rings is 1. The summed E-state index contributed by atoms with van der Waals surface area (Å²) >= 11 is 0. The van der Waals surface area contributed by atoms with E-state index in [4.69, 9.17) is 14.8 Å². The summed E-state index contributed by atoms with van der Waals surface area (Å²) in [5, 5.41) is 9.32. The first-order chi connectivity index (χ1) is 16.6. The van der Waals surface area contributed by atoms with Crippen molar-refractivity contribution in [1.82, 2.24) is 29.4 Å². The van der Waals surface area contributed by atoms with Crippen LogP contribution in [0.1, 0.15) is 41.3 Å². The number of aromatic nitrogens is 6. The molecular formula is C25H27N7O2. The SMILES string of the molecule is Cc1c(N2CCc3ncc(-c4cnn(C5CCOCC5)c4)cc3C2)nn2c(=O)ccnc2c1C. The zero-order chi connectivity index (χ0) is 23.2. The Balaban J connectivity index is 1.31. The fourth-order valence-corrected chi connectivity index (χ4v) is 4.96. The van der Waals surface area contributed by atoms with Crippen LogP contribution in [0.5, 0.6) is 0 Å². The van der Waals surface area contributed by atoms with Crippen molar-refractivity contribution in [3.05, 3.63) is 69.7 Å². The van der Waals surface area contributed by atoms with Crippen molar-refractivity contribution in [2.45, 2.75) is 45.7 Å². The van der Waals surface area contributed by atoms with Crippen LogP contribution in [0.2, 0.25) is 0 Å². The van der Waals surface area contributed by atoms with Gasteiger partial charge in [0.15, 0.2) is 11.5 Å². The summed E-state index contributed by atoms with van der Waals surface area (Å²) in [4.78, 5) is 23.8. The van der Waals surface area contributed by atoms with Crippen LogP contribution in [0, 0.1) is 13.8 Å². The summed E-state index contributed by atoms with van der Waals surface area (Å²) in [5.74, 6) is 0.823. The van der Waals surface area contributed by atoms with Crippen molar-refractivity contribution in [1.29, 1.82) is 0 Å². The lowest BCUT2D eigenvalue weighted by molar-refractivity contribution is 0.0662. The summed E-state index contributed by atoms with van der Waals surface area (Å²) < 4.78 is 8.96. The van der Waals surface area contributed by atoms with Gasteiger partial charge in [-0.1, -0.05) is 0 Å². The number of ether oxygens (including phenoxy) is 1. The molecule has 6 heterocycles. The molecule has 0 N–H and O–H groups in total. The average molecular weight is 458 g/mol. The number of hydrogen-bond acceptors (Lipinski definition) is 7. The van der Waals surface area contributed by atoms with Crippen LogP contribution >= 0.6 is 0 Å². The summed E-state index contributed by atoms with van der Waals surface area (Å²) in [6.07, 6.45) is 10.4. The largest absolute Gasteiger partial charge is 0.381 e. The van der Waals surface area contributed by atoms with Gasteiger partial charge in [-0.15, -0.1) is 5.10 Å². The van der Waals surface area contributed by atoms with E-state index in [0.29, 0.717) is 18.2 Å². The topological polar surface area (TPSA) is 90.4 Å². The highest BCUT2D eigenvalue weighted by Crippen LogP contribution is 2.30. The molecule has 9 heteroatoms. The second kappa shape index (κ2) is 8.32. The first-order valence-corrected chi connectivity index (χ1v) is 11.8. The second-order valence-corrected chi connectivity index (χ2v) is 9.15. The Labute approximate surface area is 197 Å². The minimum atomic E-state index is -0.169. The average Bonchev–Trinajstić information content (AvgIpc) is 3.37. The third-order valence-electron chi connectivity index (χ3n) is 7.09. The van der Waals surface area contributed by atoms with Crippen LogP contribution < -0.4 is 10.5 Å². The van der Waals surface area contributed by atoms with E-state index < -0.39 is 0 Å². The Morgan fingerprint density at radius 2 is 1.91 bits per heavy atom. The van der Waals surface area contributed by atoms with E-state index in [9.17, 15) is 4.79 Å². The Morgan fingerprint density at radius 3 is 2.76 bits per heavy atom. The number of rotatable bonds is 3. The highest BCUT2D eigenvalue weighted by atomic mass is 16.5. The van der Waals surface area contributed by atoms with Gasteiger partial charge in [-0.05, 0) is 38.3 Å². The predicted octanol–water partition coefficient (Wildman–Crippen LogP) is 2.88. The molecule has 1 saturated heterocycles. The fraction of sp³-hybridized carbons (Fsp3) is 0.400. The van der Waals surface area contributed by atoms with Crippen LogP contribution in [0.15, 0.2) is 41.7 Å². The molecule has 0 unspecified atom stereocenters. The van der Waals surface area contributed by atoms with Gasteiger partial charge in [0.2, 0.25) is 0 Å². The maximum absolute atomic E-state index is 12.4. The Kier molecular flexibility index (Phi) is 5.13. The van der Waals surface area contributed by atoms with Crippen LogP contribution in [-0.2, 0) is 17.7 Å². The van der Waals surface area contributed by atoms with E-state index in [1.54, 1.807) is 6.20 Å². The Morgan fingerprint density at radius 1 is 1.06 bits per heavy atom. The Bertz CT molecular complexity index is 1440. The van der Waals surface area contributed by atoms with E-state index in [1.165, 1.54) is 16.1 Å². The van der Waals surface area contributed by atoms with Gasteiger partial charge in [-0.25, -0.2) is 4.98 Å². The lowest BCUT2D eigenvalue weighted by Crippen LogP contribution is -2.33. The molecule has 1 fully saturated rings. The molecule has 0 bridgehead atoms. The molecule has 0 aliphatic carbocycles. The lowest BCUT2D eigenvalue weighted by atomic mass is 10.0. The number of hydrogen-bond donors (Lipinski definition) is 0.